The number of nitrogens with zero attached hydrogens (tertiary/aromatic N) is 3. The summed E-state index contributed by atoms with van der Waals surface area (Å²) >= 11 is 0. The Morgan fingerprint density at radius 2 is 1.81 bits per heavy atom. The fourth-order valence-corrected chi connectivity index (χ4v) is 3.06. The Labute approximate surface area is 159 Å². The van der Waals surface area contributed by atoms with E-state index in [0.717, 1.165) is 31.4 Å². The van der Waals surface area contributed by atoms with Crippen LogP contribution in [0.15, 0.2) is 18.3 Å². The standard InChI is InChI=1S/C21H37N3O2/c1-6-8-9-12-20(25)23(13-7-2)17-21(26)24(15-18(3)4)16-19-11-10-14-22(19)5/h10-11,14,18H,6-9,12-13,15-17H2,1-5H3. The van der Waals surface area contributed by atoms with E-state index in [4.69, 9.17) is 0 Å². The Kier molecular flexibility index (Phi) is 10.1. The monoisotopic (exact) mass is 363 g/mol. The van der Waals surface area contributed by atoms with Crippen LogP contribution in [-0.4, -0.2) is 45.8 Å². The molecule has 0 aliphatic heterocycles. The zero-order chi connectivity index (χ0) is 19.5. The number of hydrogen-bond acceptors (Lipinski definition) is 2. The second-order valence-electron chi connectivity index (χ2n) is 7.55. The molecule has 148 valence electrons. The van der Waals surface area contributed by atoms with Crippen LogP contribution < -0.4 is 0 Å². The molecule has 0 N–H and O–H groups in total. The number of aryl methyl sites for hydroxylation is 1. The van der Waals surface area contributed by atoms with Crippen LogP contribution in [0.2, 0.25) is 0 Å². The molecule has 1 aromatic heterocycles. The average Bonchev–Trinajstić information content (AvgIpc) is 2.98. The molecule has 5 heteroatoms. The van der Waals surface area contributed by atoms with Gasteiger partial charge >= 0.3 is 0 Å². The van der Waals surface area contributed by atoms with E-state index >= 15 is 0 Å². The number of carbonyl (C=O) groups excluding carboxylic acids is 2. The zero-order valence-corrected chi connectivity index (χ0v) is 17.3. The Morgan fingerprint density at radius 1 is 1.08 bits per heavy atom. The Morgan fingerprint density at radius 3 is 2.35 bits per heavy atom. The molecule has 5 nitrogen and oxygen atoms in total. The van der Waals surface area contributed by atoms with E-state index in [9.17, 15) is 9.59 Å². The number of hydrogen-bond donors (Lipinski definition) is 0. The maximum atomic E-state index is 13.0. The van der Waals surface area contributed by atoms with Crippen LogP contribution >= 0.6 is 0 Å². The SMILES string of the molecule is CCCCCC(=O)N(CCC)CC(=O)N(Cc1cccn1C)CC(C)C. The number of amides is 2. The summed E-state index contributed by atoms with van der Waals surface area (Å²) < 4.78 is 2.04. The number of aromatic nitrogens is 1. The summed E-state index contributed by atoms with van der Waals surface area (Å²) in [5.41, 5.74) is 1.11. The fourth-order valence-electron chi connectivity index (χ4n) is 3.06. The van der Waals surface area contributed by atoms with Gasteiger partial charge in [-0.2, -0.15) is 0 Å². The van der Waals surface area contributed by atoms with Crippen LogP contribution in [-0.2, 0) is 23.2 Å². The van der Waals surface area contributed by atoms with Crippen LogP contribution in [0.3, 0.4) is 0 Å². The topological polar surface area (TPSA) is 45.6 Å². The summed E-state index contributed by atoms with van der Waals surface area (Å²) in [5.74, 6) is 0.535. The van der Waals surface area contributed by atoms with E-state index in [0.29, 0.717) is 32.0 Å². The number of unbranched alkanes of at least 4 members (excludes halogenated alkanes) is 2. The lowest BCUT2D eigenvalue weighted by Crippen LogP contribution is -2.44. The van der Waals surface area contributed by atoms with E-state index in [-0.39, 0.29) is 18.4 Å². The summed E-state index contributed by atoms with van der Waals surface area (Å²) in [6, 6.07) is 4.04. The first-order valence-electron chi connectivity index (χ1n) is 10.0. The predicted molar refractivity (Wildman–Crippen MR) is 107 cm³/mol. The van der Waals surface area contributed by atoms with Crippen molar-refractivity contribution >= 4 is 11.8 Å². The van der Waals surface area contributed by atoms with Crippen LogP contribution in [0.4, 0.5) is 0 Å². The first-order chi connectivity index (χ1) is 12.4. The highest BCUT2D eigenvalue weighted by atomic mass is 16.2. The molecule has 0 saturated carbocycles. The van der Waals surface area contributed by atoms with Crippen LogP contribution in [0.1, 0.15) is 65.5 Å². The van der Waals surface area contributed by atoms with Crippen molar-refractivity contribution in [3.05, 3.63) is 24.0 Å². The van der Waals surface area contributed by atoms with Crippen molar-refractivity contribution < 1.29 is 9.59 Å². The Balaban J connectivity index is 2.76. The third kappa shape index (κ3) is 7.63. The molecule has 1 heterocycles. The third-order valence-corrected chi connectivity index (χ3v) is 4.51. The Hall–Kier alpha value is -1.78. The van der Waals surface area contributed by atoms with Crippen LogP contribution in [0.25, 0.3) is 0 Å². The van der Waals surface area contributed by atoms with Gasteiger partial charge in [0.25, 0.3) is 0 Å². The second-order valence-corrected chi connectivity index (χ2v) is 7.55. The van der Waals surface area contributed by atoms with E-state index in [1.807, 2.05) is 41.8 Å². The molecule has 0 atom stereocenters. The molecule has 1 rings (SSSR count). The summed E-state index contributed by atoms with van der Waals surface area (Å²) in [4.78, 5) is 29.1. The van der Waals surface area contributed by atoms with E-state index in [2.05, 4.69) is 20.8 Å². The molecule has 0 bridgehead atoms. The normalized spacial score (nSPS) is 11.0. The van der Waals surface area contributed by atoms with Gasteiger partial charge in [-0.3, -0.25) is 9.59 Å². The van der Waals surface area contributed by atoms with Gasteiger partial charge in [0.2, 0.25) is 11.8 Å². The maximum Gasteiger partial charge on any atom is 0.242 e. The summed E-state index contributed by atoms with van der Waals surface area (Å²) in [5, 5.41) is 0. The predicted octanol–water partition coefficient (Wildman–Crippen LogP) is 3.83. The molecular weight excluding hydrogens is 326 g/mol. The molecule has 0 unspecified atom stereocenters. The molecule has 0 radical (unpaired) electrons. The van der Waals surface area contributed by atoms with E-state index in [1.165, 1.54) is 0 Å². The summed E-state index contributed by atoms with van der Waals surface area (Å²) in [6.07, 6.45) is 6.47. The van der Waals surface area contributed by atoms with Gasteiger partial charge in [-0.1, -0.05) is 40.5 Å². The maximum absolute atomic E-state index is 13.0. The van der Waals surface area contributed by atoms with Gasteiger partial charge in [-0.25, -0.2) is 0 Å². The van der Waals surface area contributed by atoms with Gasteiger partial charge in [-0.05, 0) is 30.9 Å². The van der Waals surface area contributed by atoms with Crippen molar-refractivity contribution in [2.75, 3.05) is 19.6 Å². The molecule has 1 aromatic rings. The smallest absolute Gasteiger partial charge is 0.242 e. The fraction of sp³-hybridized carbons (Fsp3) is 0.714. The van der Waals surface area contributed by atoms with Gasteiger partial charge in [0, 0.05) is 38.4 Å². The van der Waals surface area contributed by atoms with Crippen molar-refractivity contribution in [2.45, 2.75) is 66.3 Å². The minimum atomic E-state index is 0.0391. The van der Waals surface area contributed by atoms with Crippen molar-refractivity contribution in [3.63, 3.8) is 0 Å². The summed E-state index contributed by atoms with van der Waals surface area (Å²) in [7, 11) is 1.99. The first-order valence-corrected chi connectivity index (χ1v) is 10.0. The van der Waals surface area contributed by atoms with Crippen LogP contribution in [0.5, 0.6) is 0 Å². The molecule has 0 saturated heterocycles. The largest absolute Gasteiger partial charge is 0.353 e. The van der Waals surface area contributed by atoms with Crippen molar-refractivity contribution in [1.82, 2.24) is 14.4 Å². The molecule has 2 amide bonds. The lowest BCUT2D eigenvalue weighted by Gasteiger charge is -2.29. The minimum absolute atomic E-state index is 0.0391. The van der Waals surface area contributed by atoms with E-state index < -0.39 is 0 Å². The average molecular weight is 364 g/mol. The number of carbonyl (C=O) groups is 2. The third-order valence-electron chi connectivity index (χ3n) is 4.51. The Bertz CT molecular complexity index is 551. The van der Waals surface area contributed by atoms with Crippen molar-refractivity contribution in [2.24, 2.45) is 13.0 Å². The molecule has 0 spiro atoms. The molecular formula is C21H37N3O2. The van der Waals surface area contributed by atoms with Crippen LogP contribution in [0, 0.1) is 5.92 Å². The van der Waals surface area contributed by atoms with Crippen molar-refractivity contribution in [3.8, 4) is 0 Å². The van der Waals surface area contributed by atoms with Gasteiger partial charge in [0.05, 0.1) is 13.1 Å². The van der Waals surface area contributed by atoms with Crippen molar-refractivity contribution in [1.29, 1.82) is 0 Å². The van der Waals surface area contributed by atoms with Gasteiger partial charge in [0.1, 0.15) is 0 Å². The highest BCUT2D eigenvalue weighted by Crippen LogP contribution is 2.10. The molecule has 0 fully saturated rings. The van der Waals surface area contributed by atoms with E-state index in [1.54, 1.807) is 4.90 Å². The lowest BCUT2D eigenvalue weighted by atomic mass is 10.1. The molecule has 0 aliphatic carbocycles. The van der Waals surface area contributed by atoms with Gasteiger partial charge in [0.15, 0.2) is 0 Å². The highest BCUT2D eigenvalue weighted by Gasteiger charge is 2.22. The molecule has 26 heavy (non-hydrogen) atoms. The minimum Gasteiger partial charge on any atom is -0.353 e. The lowest BCUT2D eigenvalue weighted by molar-refractivity contribution is -0.141. The molecule has 0 aromatic carbocycles. The number of rotatable bonds is 12. The van der Waals surface area contributed by atoms with Gasteiger partial charge < -0.3 is 14.4 Å². The molecule has 0 aliphatic rings. The first kappa shape index (κ1) is 22.3. The highest BCUT2D eigenvalue weighted by molar-refractivity contribution is 5.84. The quantitative estimate of drug-likeness (QED) is 0.530. The zero-order valence-electron chi connectivity index (χ0n) is 17.3. The van der Waals surface area contributed by atoms with Gasteiger partial charge in [-0.15, -0.1) is 0 Å². The summed E-state index contributed by atoms with van der Waals surface area (Å²) in [6.45, 7) is 10.5. The second kappa shape index (κ2) is 11.8.